The fraction of sp³-hybridized carbons (Fsp3) is 0.440. The number of hydrogen-bond acceptors (Lipinski definition) is 6. The van der Waals surface area contributed by atoms with Crippen LogP contribution in [0.4, 0.5) is 5.69 Å². The molecule has 0 amide bonds. The molecule has 0 spiro atoms. The summed E-state index contributed by atoms with van der Waals surface area (Å²) in [6.45, 7) is 9.53. The first-order valence-electron chi connectivity index (χ1n) is 11.3. The van der Waals surface area contributed by atoms with Crippen molar-refractivity contribution in [1.29, 1.82) is 0 Å². The van der Waals surface area contributed by atoms with Gasteiger partial charge in [-0.05, 0) is 50.6 Å². The lowest BCUT2D eigenvalue weighted by Crippen LogP contribution is -2.46. The number of benzene rings is 1. The largest absolute Gasteiger partial charge is 0.492 e. The summed E-state index contributed by atoms with van der Waals surface area (Å²) in [5, 5.41) is 0. The van der Waals surface area contributed by atoms with Crippen molar-refractivity contribution in [2.24, 2.45) is 4.99 Å². The van der Waals surface area contributed by atoms with Crippen LogP contribution in [0.5, 0.6) is 11.6 Å². The molecular formula is C25H32N4O2. The van der Waals surface area contributed by atoms with E-state index >= 15 is 0 Å². The summed E-state index contributed by atoms with van der Waals surface area (Å²) in [6, 6.07) is 14.2. The first kappa shape index (κ1) is 21.4. The van der Waals surface area contributed by atoms with Gasteiger partial charge in [0.15, 0.2) is 0 Å². The van der Waals surface area contributed by atoms with Gasteiger partial charge in [-0.25, -0.2) is 4.98 Å². The maximum absolute atomic E-state index is 5.88. The summed E-state index contributed by atoms with van der Waals surface area (Å²) in [5.41, 5.74) is 3.04. The van der Waals surface area contributed by atoms with E-state index in [4.69, 9.17) is 9.47 Å². The lowest BCUT2D eigenvalue weighted by atomic mass is 10.2. The molecular weight excluding hydrogens is 388 g/mol. The lowest BCUT2D eigenvalue weighted by molar-refractivity contribution is 0.236. The number of aliphatic imine (C=N–C) groups is 1. The summed E-state index contributed by atoms with van der Waals surface area (Å²) in [5.74, 6) is 1.67. The molecule has 6 nitrogen and oxygen atoms in total. The van der Waals surface area contributed by atoms with E-state index in [1.165, 1.54) is 5.69 Å². The number of piperazine rings is 1. The highest BCUT2D eigenvalue weighted by Crippen LogP contribution is 2.28. The summed E-state index contributed by atoms with van der Waals surface area (Å²) >= 11 is 0. The molecule has 6 heteroatoms. The minimum Gasteiger partial charge on any atom is -0.492 e. The van der Waals surface area contributed by atoms with Crippen molar-refractivity contribution in [3.05, 3.63) is 60.3 Å². The molecule has 1 aromatic carbocycles. The molecule has 0 unspecified atom stereocenters. The first-order valence-corrected chi connectivity index (χ1v) is 11.3. The van der Waals surface area contributed by atoms with Crippen molar-refractivity contribution >= 4 is 11.4 Å². The average Bonchev–Trinajstić information content (AvgIpc) is 3.35. The Hall–Kier alpha value is -2.86. The summed E-state index contributed by atoms with van der Waals surface area (Å²) < 4.78 is 11.7. The van der Waals surface area contributed by atoms with Crippen LogP contribution in [0.1, 0.15) is 25.5 Å². The number of allylic oxidation sites excluding steroid dienone is 1. The van der Waals surface area contributed by atoms with Gasteiger partial charge in [-0.2, -0.15) is 0 Å². The number of ether oxygens (including phenoxy) is 2. The van der Waals surface area contributed by atoms with Crippen molar-refractivity contribution in [2.75, 3.05) is 57.4 Å². The molecule has 4 rings (SSSR count). The van der Waals surface area contributed by atoms with Gasteiger partial charge in [-0.1, -0.05) is 24.3 Å². The number of nitrogens with zero attached hydrogens (tertiary/aromatic N) is 4. The van der Waals surface area contributed by atoms with Crippen LogP contribution in [0.25, 0.3) is 0 Å². The van der Waals surface area contributed by atoms with Gasteiger partial charge in [0.05, 0.1) is 36.9 Å². The molecule has 2 aliphatic heterocycles. The highest BCUT2D eigenvalue weighted by molar-refractivity contribution is 6.08. The van der Waals surface area contributed by atoms with Crippen molar-refractivity contribution in [3.8, 4) is 11.6 Å². The van der Waals surface area contributed by atoms with Crippen LogP contribution >= 0.6 is 0 Å². The molecule has 2 aromatic rings. The fourth-order valence-corrected chi connectivity index (χ4v) is 3.99. The van der Waals surface area contributed by atoms with Gasteiger partial charge < -0.3 is 14.4 Å². The number of hydrogen-bond donors (Lipinski definition) is 0. The maximum Gasteiger partial charge on any atom is 0.213 e. The third-order valence-corrected chi connectivity index (χ3v) is 5.63. The molecule has 0 N–H and O–H groups in total. The predicted molar refractivity (Wildman–Crippen MR) is 126 cm³/mol. The SMILES string of the molecule is CCOc1ccccc1N1CCN(CCCCOc2cccc(C3=NCC=C3)n2)CC1. The number of pyridine rings is 1. The van der Waals surface area contributed by atoms with Crippen LogP contribution in [0, 0.1) is 0 Å². The molecule has 1 fully saturated rings. The van der Waals surface area contributed by atoms with Gasteiger partial charge in [0, 0.05) is 32.2 Å². The Kier molecular flexibility index (Phi) is 7.56. The average molecular weight is 421 g/mol. The fourth-order valence-electron chi connectivity index (χ4n) is 3.99. The van der Waals surface area contributed by atoms with E-state index in [1.807, 2.05) is 43.3 Å². The van der Waals surface area contributed by atoms with E-state index in [2.05, 4.69) is 38.0 Å². The molecule has 1 saturated heterocycles. The Morgan fingerprint density at radius 2 is 1.81 bits per heavy atom. The maximum atomic E-state index is 5.88. The number of para-hydroxylation sites is 2. The third-order valence-electron chi connectivity index (χ3n) is 5.63. The Morgan fingerprint density at radius 3 is 2.61 bits per heavy atom. The molecule has 31 heavy (non-hydrogen) atoms. The summed E-state index contributed by atoms with van der Waals surface area (Å²) in [6.07, 6.45) is 6.22. The minimum absolute atomic E-state index is 0.682. The zero-order valence-electron chi connectivity index (χ0n) is 18.4. The Morgan fingerprint density at radius 1 is 0.935 bits per heavy atom. The van der Waals surface area contributed by atoms with Crippen molar-refractivity contribution in [3.63, 3.8) is 0 Å². The van der Waals surface area contributed by atoms with Crippen LogP contribution in [0.2, 0.25) is 0 Å². The number of aromatic nitrogens is 1. The highest BCUT2D eigenvalue weighted by atomic mass is 16.5. The van der Waals surface area contributed by atoms with Crippen LogP contribution < -0.4 is 14.4 Å². The lowest BCUT2D eigenvalue weighted by Gasteiger charge is -2.36. The predicted octanol–water partition coefficient (Wildman–Crippen LogP) is 3.82. The van der Waals surface area contributed by atoms with E-state index in [1.54, 1.807) is 0 Å². The van der Waals surface area contributed by atoms with Crippen molar-refractivity contribution in [2.45, 2.75) is 19.8 Å². The minimum atomic E-state index is 0.682. The van der Waals surface area contributed by atoms with Gasteiger partial charge >= 0.3 is 0 Å². The molecule has 0 saturated carbocycles. The quantitative estimate of drug-likeness (QED) is 0.547. The van der Waals surface area contributed by atoms with Crippen molar-refractivity contribution in [1.82, 2.24) is 9.88 Å². The van der Waals surface area contributed by atoms with Gasteiger partial charge in [-0.3, -0.25) is 9.89 Å². The molecule has 1 aromatic heterocycles. The van der Waals surface area contributed by atoms with E-state index in [-0.39, 0.29) is 0 Å². The second-order valence-electron chi connectivity index (χ2n) is 7.77. The van der Waals surface area contributed by atoms with E-state index in [0.717, 1.165) is 69.3 Å². The second kappa shape index (κ2) is 11.0. The zero-order valence-corrected chi connectivity index (χ0v) is 18.4. The molecule has 0 bridgehead atoms. The third kappa shape index (κ3) is 5.85. The Labute approximate surface area is 185 Å². The normalized spacial score (nSPS) is 16.4. The first-order chi connectivity index (χ1) is 15.3. The second-order valence-corrected chi connectivity index (χ2v) is 7.77. The van der Waals surface area contributed by atoms with E-state index in [9.17, 15) is 0 Å². The van der Waals surface area contributed by atoms with Gasteiger partial charge in [0.1, 0.15) is 5.75 Å². The van der Waals surface area contributed by atoms with Crippen LogP contribution in [0.15, 0.2) is 59.6 Å². The van der Waals surface area contributed by atoms with Gasteiger partial charge in [0.2, 0.25) is 5.88 Å². The molecule has 0 aliphatic carbocycles. The number of anilines is 1. The smallest absolute Gasteiger partial charge is 0.213 e. The van der Waals surface area contributed by atoms with E-state index in [0.29, 0.717) is 19.1 Å². The monoisotopic (exact) mass is 420 g/mol. The Balaban J connectivity index is 1.15. The van der Waals surface area contributed by atoms with Gasteiger partial charge in [0.25, 0.3) is 0 Å². The van der Waals surface area contributed by atoms with E-state index < -0.39 is 0 Å². The standard InChI is InChI=1S/C25H32N4O2/c1-2-30-24-12-4-3-11-23(24)29-18-16-28(17-19-29)15-5-6-20-31-25-13-7-9-22(27-25)21-10-8-14-26-21/h3-4,7-13H,2,5-6,14-20H2,1H3. The molecule has 0 radical (unpaired) electrons. The van der Waals surface area contributed by atoms with Gasteiger partial charge in [-0.15, -0.1) is 0 Å². The molecule has 0 atom stereocenters. The zero-order chi connectivity index (χ0) is 21.3. The molecule has 3 heterocycles. The topological polar surface area (TPSA) is 50.2 Å². The van der Waals surface area contributed by atoms with Crippen LogP contribution in [0.3, 0.4) is 0 Å². The summed E-state index contributed by atoms with van der Waals surface area (Å²) in [7, 11) is 0. The van der Waals surface area contributed by atoms with Crippen LogP contribution in [-0.4, -0.2) is 68.1 Å². The van der Waals surface area contributed by atoms with Crippen molar-refractivity contribution < 1.29 is 9.47 Å². The molecule has 164 valence electrons. The van der Waals surface area contributed by atoms with Crippen LogP contribution in [-0.2, 0) is 0 Å². The number of rotatable bonds is 10. The Bertz CT molecular complexity index is 904. The highest BCUT2D eigenvalue weighted by Gasteiger charge is 2.19. The molecule has 2 aliphatic rings. The number of unbranched alkanes of at least 4 members (excludes halogenated alkanes) is 1. The summed E-state index contributed by atoms with van der Waals surface area (Å²) in [4.78, 5) is 14.0.